The molecule has 102 valence electrons. The maximum absolute atomic E-state index is 9.25. The van der Waals surface area contributed by atoms with Gasteiger partial charge in [-0.05, 0) is 19.9 Å². The minimum atomic E-state index is -0.0457. The molecule has 0 aliphatic rings. The molecule has 0 bridgehead atoms. The van der Waals surface area contributed by atoms with Crippen molar-refractivity contribution in [2.24, 2.45) is 0 Å². The molecular weight excluding hydrogens is 264 g/mol. The van der Waals surface area contributed by atoms with E-state index < -0.39 is 0 Å². The Labute approximate surface area is 117 Å². The Morgan fingerprint density at radius 3 is 2.79 bits per heavy atom. The van der Waals surface area contributed by atoms with Gasteiger partial charge in [0.2, 0.25) is 0 Å². The van der Waals surface area contributed by atoms with Gasteiger partial charge >= 0.3 is 0 Å². The van der Waals surface area contributed by atoms with E-state index in [1.807, 2.05) is 42.8 Å². The summed E-state index contributed by atoms with van der Waals surface area (Å²) in [5, 5.41) is 14.2. The Bertz CT molecular complexity index is 567. The van der Waals surface area contributed by atoms with Gasteiger partial charge in [0, 0.05) is 12.1 Å². The highest BCUT2D eigenvalue weighted by Crippen LogP contribution is 2.24. The SMILES string of the molecule is CCn1nc(C)c(Cl)c1COc1ccccc1CO. The standard InChI is InChI=1S/C14H17ClN2O2/c1-3-17-12(14(15)10(2)16-17)9-19-13-7-5-4-6-11(13)8-18/h4-7,18H,3,8-9H2,1-2H3. The quantitative estimate of drug-likeness (QED) is 0.916. The van der Waals surface area contributed by atoms with Crippen molar-refractivity contribution < 1.29 is 9.84 Å². The molecule has 1 N–H and O–H groups in total. The van der Waals surface area contributed by atoms with Crippen LogP contribution in [-0.4, -0.2) is 14.9 Å². The predicted octanol–water partition coefficient (Wildman–Crippen LogP) is 2.94. The van der Waals surface area contributed by atoms with E-state index in [0.29, 0.717) is 17.4 Å². The molecule has 0 fully saturated rings. The Morgan fingerprint density at radius 1 is 1.37 bits per heavy atom. The van der Waals surface area contributed by atoms with E-state index >= 15 is 0 Å². The van der Waals surface area contributed by atoms with Crippen LogP contribution in [0.1, 0.15) is 23.9 Å². The number of ether oxygens (including phenoxy) is 1. The number of para-hydroxylation sites is 1. The van der Waals surface area contributed by atoms with Crippen molar-refractivity contribution in [3.05, 3.63) is 46.2 Å². The van der Waals surface area contributed by atoms with Crippen LogP contribution in [0.4, 0.5) is 0 Å². The third-order valence-corrected chi connectivity index (χ3v) is 3.45. The highest BCUT2D eigenvalue weighted by Gasteiger charge is 2.13. The average Bonchev–Trinajstić information content (AvgIpc) is 2.72. The van der Waals surface area contributed by atoms with Gasteiger partial charge in [-0.25, -0.2) is 0 Å². The second kappa shape index (κ2) is 6.08. The highest BCUT2D eigenvalue weighted by molar-refractivity contribution is 6.31. The maximum atomic E-state index is 9.25. The van der Waals surface area contributed by atoms with Gasteiger partial charge in [-0.2, -0.15) is 5.10 Å². The monoisotopic (exact) mass is 280 g/mol. The molecule has 5 heteroatoms. The van der Waals surface area contributed by atoms with Gasteiger partial charge in [-0.3, -0.25) is 4.68 Å². The first-order valence-corrected chi connectivity index (χ1v) is 6.58. The first-order chi connectivity index (χ1) is 9.17. The van der Waals surface area contributed by atoms with Crippen LogP contribution in [0.3, 0.4) is 0 Å². The number of hydrogen-bond acceptors (Lipinski definition) is 3. The minimum Gasteiger partial charge on any atom is -0.487 e. The molecule has 0 saturated heterocycles. The summed E-state index contributed by atoms with van der Waals surface area (Å²) in [4.78, 5) is 0. The molecule has 0 saturated carbocycles. The molecule has 0 radical (unpaired) electrons. The van der Waals surface area contributed by atoms with Gasteiger partial charge in [0.1, 0.15) is 12.4 Å². The number of nitrogens with zero attached hydrogens (tertiary/aromatic N) is 2. The zero-order valence-electron chi connectivity index (χ0n) is 11.1. The second-order valence-electron chi connectivity index (χ2n) is 4.22. The molecule has 1 aromatic heterocycles. The second-order valence-corrected chi connectivity index (χ2v) is 4.59. The first kappa shape index (κ1) is 13.9. The zero-order chi connectivity index (χ0) is 13.8. The summed E-state index contributed by atoms with van der Waals surface area (Å²) in [6, 6.07) is 7.41. The lowest BCUT2D eigenvalue weighted by Gasteiger charge is -2.11. The van der Waals surface area contributed by atoms with Crippen LogP contribution in [0.5, 0.6) is 5.75 Å². The van der Waals surface area contributed by atoms with Crippen LogP contribution in [0, 0.1) is 6.92 Å². The van der Waals surface area contributed by atoms with Crippen LogP contribution in [0.25, 0.3) is 0 Å². The molecule has 1 aromatic carbocycles. The molecule has 0 unspecified atom stereocenters. The number of aliphatic hydroxyl groups excluding tert-OH is 1. The summed E-state index contributed by atoms with van der Waals surface area (Å²) in [7, 11) is 0. The first-order valence-electron chi connectivity index (χ1n) is 6.20. The molecule has 1 heterocycles. The number of hydrogen-bond donors (Lipinski definition) is 1. The Hall–Kier alpha value is -1.52. The Morgan fingerprint density at radius 2 is 2.11 bits per heavy atom. The van der Waals surface area contributed by atoms with Crippen molar-refractivity contribution in [2.75, 3.05) is 0 Å². The number of benzene rings is 1. The van der Waals surface area contributed by atoms with Crippen molar-refractivity contribution in [3.8, 4) is 5.75 Å². The van der Waals surface area contributed by atoms with Crippen molar-refractivity contribution in [2.45, 2.75) is 33.6 Å². The van der Waals surface area contributed by atoms with Crippen LogP contribution in [0.15, 0.2) is 24.3 Å². The molecule has 0 aliphatic heterocycles. The minimum absolute atomic E-state index is 0.0457. The van der Waals surface area contributed by atoms with Crippen LogP contribution in [0.2, 0.25) is 5.02 Å². The fourth-order valence-electron chi connectivity index (χ4n) is 1.93. The number of aliphatic hydroxyl groups is 1. The van der Waals surface area contributed by atoms with Gasteiger partial charge in [0.25, 0.3) is 0 Å². The Balaban J connectivity index is 2.19. The molecule has 2 aromatic rings. The average molecular weight is 281 g/mol. The smallest absolute Gasteiger partial charge is 0.131 e. The normalized spacial score (nSPS) is 10.7. The summed E-state index contributed by atoms with van der Waals surface area (Å²) in [5.41, 5.74) is 2.42. The van der Waals surface area contributed by atoms with E-state index in [4.69, 9.17) is 16.3 Å². The van der Waals surface area contributed by atoms with Crippen molar-refractivity contribution >= 4 is 11.6 Å². The molecular formula is C14H17ClN2O2. The molecule has 0 atom stereocenters. The summed E-state index contributed by atoms with van der Waals surface area (Å²) in [5.74, 6) is 0.669. The van der Waals surface area contributed by atoms with Crippen molar-refractivity contribution in [1.82, 2.24) is 9.78 Å². The van der Waals surface area contributed by atoms with E-state index in [1.54, 1.807) is 0 Å². The molecule has 0 spiro atoms. The lowest BCUT2D eigenvalue weighted by molar-refractivity contribution is 0.255. The summed E-state index contributed by atoms with van der Waals surface area (Å²) >= 11 is 6.22. The van der Waals surface area contributed by atoms with Gasteiger partial charge in [-0.15, -0.1) is 0 Å². The molecule has 19 heavy (non-hydrogen) atoms. The van der Waals surface area contributed by atoms with Crippen molar-refractivity contribution in [1.29, 1.82) is 0 Å². The van der Waals surface area contributed by atoms with Crippen LogP contribution >= 0.6 is 11.6 Å². The van der Waals surface area contributed by atoms with E-state index in [-0.39, 0.29) is 6.61 Å². The van der Waals surface area contributed by atoms with Gasteiger partial charge in [-0.1, -0.05) is 29.8 Å². The summed E-state index contributed by atoms with van der Waals surface area (Å²) < 4.78 is 7.58. The van der Waals surface area contributed by atoms with Gasteiger partial charge in [0.05, 0.1) is 23.0 Å². The maximum Gasteiger partial charge on any atom is 0.131 e. The van der Waals surface area contributed by atoms with E-state index in [1.165, 1.54) is 0 Å². The number of halogens is 1. The Kier molecular flexibility index (Phi) is 4.45. The third-order valence-electron chi connectivity index (χ3n) is 2.96. The zero-order valence-corrected chi connectivity index (χ0v) is 11.8. The van der Waals surface area contributed by atoms with Crippen LogP contribution in [-0.2, 0) is 19.8 Å². The van der Waals surface area contributed by atoms with Gasteiger partial charge < -0.3 is 9.84 Å². The van der Waals surface area contributed by atoms with Crippen LogP contribution < -0.4 is 4.74 Å². The highest BCUT2D eigenvalue weighted by atomic mass is 35.5. The van der Waals surface area contributed by atoms with E-state index in [2.05, 4.69) is 5.10 Å². The third kappa shape index (κ3) is 2.91. The van der Waals surface area contributed by atoms with E-state index in [0.717, 1.165) is 23.5 Å². The number of rotatable bonds is 5. The van der Waals surface area contributed by atoms with Crippen molar-refractivity contribution in [3.63, 3.8) is 0 Å². The lowest BCUT2D eigenvalue weighted by Crippen LogP contribution is -2.07. The summed E-state index contributed by atoms with van der Waals surface area (Å²) in [6.45, 7) is 4.92. The fraction of sp³-hybridized carbons (Fsp3) is 0.357. The predicted molar refractivity (Wildman–Crippen MR) is 74.3 cm³/mol. The molecule has 0 aliphatic carbocycles. The van der Waals surface area contributed by atoms with E-state index in [9.17, 15) is 5.11 Å². The van der Waals surface area contributed by atoms with Gasteiger partial charge in [0.15, 0.2) is 0 Å². The lowest BCUT2D eigenvalue weighted by atomic mass is 10.2. The molecule has 4 nitrogen and oxygen atoms in total. The number of aryl methyl sites for hydroxylation is 2. The largest absolute Gasteiger partial charge is 0.487 e. The fourth-order valence-corrected chi connectivity index (χ4v) is 2.12. The molecule has 0 amide bonds. The summed E-state index contributed by atoms with van der Waals surface area (Å²) in [6.07, 6.45) is 0. The topological polar surface area (TPSA) is 47.3 Å². The number of aromatic nitrogens is 2. The molecule has 2 rings (SSSR count).